The van der Waals surface area contributed by atoms with Crippen LogP contribution in [0, 0.1) is 11.6 Å². The van der Waals surface area contributed by atoms with E-state index in [9.17, 15) is 13.6 Å². The van der Waals surface area contributed by atoms with Crippen molar-refractivity contribution >= 4 is 11.6 Å². The molecule has 0 fully saturated rings. The van der Waals surface area contributed by atoms with Gasteiger partial charge in [0.1, 0.15) is 23.4 Å². The first-order valence-corrected chi connectivity index (χ1v) is 6.18. The summed E-state index contributed by atoms with van der Waals surface area (Å²) in [5, 5.41) is 3.94. The first-order valence-electron chi connectivity index (χ1n) is 6.18. The van der Waals surface area contributed by atoms with Gasteiger partial charge in [0.25, 0.3) is 5.91 Å². The first kappa shape index (κ1) is 14.2. The molecule has 0 spiro atoms. The molecule has 0 saturated carbocycles. The highest BCUT2D eigenvalue weighted by Crippen LogP contribution is 2.17. The van der Waals surface area contributed by atoms with Gasteiger partial charge in [0.15, 0.2) is 12.3 Å². The van der Waals surface area contributed by atoms with Crippen LogP contribution in [0.5, 0.6) is 0 Å². The minimum Gasteiger partial charge on any atom is -0.463 e. The molecule has 0 unspecified atom stereocenters. The van der Waals surface area contributed by atoms with Crippen LogP contribution in [0.2, 0.25) is 0 Å². The Morgan fingerprint density at radius 1 is 1.30 bits per heavy atom. The molecule has 106 valence electrons. The average molecular weight is 281 g/mol. The van der Waals surface area contributed by atoms with E-state index in [2.05, 4.69) is 5.32 Å². The van der Waals surface area contributed by atoms with Gasteiger partial charge in [-0.15, -0.1) is 0 Å². The number of carbonyl (C=O) groups is 1. The second-order valence-corrected chi connectivity index (χ2v) is 4.39. The van der Waals surface area contributed by atoms with Gasteiger partial charge < -0.3 is 15.1 Å². The molecule has 0 saturated heterocycles. The third kappa shape index (κ3) is 3.42. The highest BCUT2D eigenvalue weighted by atomic mass is 19.1. The number of carbonyl (C=O) groups excluding carboxylic acids is 1. The minimum atomic E-state index is -0.794. The van der Waals surface area contributed by atoms with Gasteiger partial charge in [0.05, 0.1) is 6.26 Å². The summed E-state index contributed by atoms with van der Waals surface area (Å²) < 4.78 is 31.9. The molecule has 6 heteroatoms. The maximum atomic E-state index is 13.4. The molecule has 0 aliphatic carbocycles. The lowest BCUT2D eigenvalue weighted by molar-refractivity contribution is -0.684. The van der Waals surface area contributed by atoms with Crippen molar-refractivity contribution < 1.29 is 23.3 Å². The molecule has 1 aromatic carbocycles. The van der Waals surface area contributed by atoms with Crippen molar-refractivity contribution in [2.75, 3.05) is 11.9 Å². The first-order chi connectivity index (χ1) is 9.58. The van der Waals surface area contributed by atoms with E-state index in [0.29, 0.717) is 0 Å². The Morgan fingerprint density at radius 3 is 2.60 bits per heavy atom. The molecule has 4 nitrogen and oxygen atoms in total. The number of halogens is 2. The average Bonchev–Trinajstić information content (AvgIpc) is 2.94. The number of furan rings is 1. The van der Waals surface area contributed by atoms with Crippen LogP contribution in [0.4, 0.5) is 14.5 Å². The predicted molar refractivity (Wildman–Crippen MR) is 68.9 cm³/mol. The molecule has 0 radical (unpaired) electrons. The van der Waals surface area contributed by atoms with Crippen LogP contribution < -0.4 is 10.6 Å². The minimum absolute atomic E-state index is 0.0373. The maximum Gasteiger partial charge on any atom is 0.279 e. The second kappa shape index (κ2) is 6.29. The largest absolute Gasteiger partial charge is 0.463 e. The molecule has 1 amide bonds. The number of quaternary nitrogens is 1. The number of nitrogens with two attached hydrogens (primary N) is 1. The summed E-state index contributed by atoms with van der Waals surface area (Å²) in [7, 11) is 0. The molecule has 1 aromatic heterocycles. The zero-order valence-electron chi connectivity index (χ0n) is 10.9. The number of hydrogen-bond donors (Lipinski definition) is 2. The fourth-order valence-electron chi connectivity index (χ4n) is 1.76. The molecular weight excluding hydrogens is 266 g/mol. The highest BCUT2D eigenvalue weighted by Gasteiger charge is 2.16. The van der Waals surface area contributed by atoms with Crippen LogP contribution in [0.25, 0.3) is 0 Å². The van der Waals surface area contributed by atoms with E-state index in [-0.39, 0.29) is 12.6 Å². The molecule has 1 atom stereocenters. The zero-order chi connectivity index (χ0) is 14.5. The number of para-hydroxylation sites is 1. The van der Waals surface area contributed by atoms with E-state index in [0.717, 1.165) is 17.9 Å². The van der Waals surface area contributed by atoms with Crippen molar-refractivity contribution in [2.24, 2.45) is 0 Å². The number of hydrogen-bond acceptors (Lipinski definition) is 2. The van der Waals surface area contributed by atoms with Crippen LogP contribution >= 0.6 is 0 Å². The number of anilines is 1. The van der Waals surface area contributed by atoms with Crippen LogP contribution in [-0.2, 0) is 4.79 Å². The Morgan fingerprint density at radius 2 is 2.00 bits per heavy atom. The van der Waals surface area contributed by atoms with Gasteiger partial charge in [-0.3, -0.25) is 4.79 Å². The van der Waals surface area contributed by atoms with Gasteiger partial charge in [-0.25, -0.2) is 8.78 Å². The molecule has 3 N–H and O–H groups in total. The maximum absolute atomic E-state index is 13.4. The van der Waals surface area contributed by atoms with E-state index in [4.69, 9.17) is 4.42 Å². The highest BCUT2D eigenvalue weighted by molar-refractivity contribution is 5.91. The molecular formula is C14H15F2N2O2+. The zero-order valence-corrected chi connectivity index (χ0v) is 10.9. The smallest absolute Gasteiger partial charge is 0.279 e. The van der Waals surface area contributed by atoms with Crippen molar-refractivity contribution in [3.8, 4) is 0 Å². The Balaban J connectivity index is 1.90. The summed E-state index contributed by atoms with van der Waals surface area (Å²) in [6.07, 6.45) is 1.55. The van der Waals surface area contributed by atoms with Crippen LogP contribution in [-0.4, -0.2) is 12.5 Å². The lowest BCUT2D eigenvalue weighted by atomic mass is 10.2. The Bertz CT molecular complexity index is 565. The van der Waals surface area contributed by atoms with Crippen molar-refractivity contribution in [2.45, 2.75) is 13.0 Å². The fourth-order valence-corrected chi connectivity index (χ4v) is 1.76. The Kier molecular flexibility index (Phi) is 4.47. The topological polar surface area (TPSA) is 58.9 Å². The van der Waals surface area contributed by atoms with Crippen LogP contribution in [0.15, 0.2) is 41.0 Å². The van der Waals surface area contributed by atoms with E-state index >= 15 is 0 Å². The molecule has 20 heavy (non-hydrogen) atoms. The normalized spacial score (nSPS) is 12.2. The second-order valence-electron chi connectivity index (χ2n) is 4.39. The Labute approximate surface area is 114 Å². The van der Waals surface area contributed by atoms with Gasteiger partial charge in [-0.2, -0.15) is 0 Å². The SMILES string of the molecule is C[C@H]([NH2+]CC(=O)Nc1c(F)cccc1F)c1ccco1. The van der Waals surface area contributed by atoms with Gasteiger partial charge >= 0.3 is 0 Å². The van der Waals surface area contributed by atoms with Crippen LogP contribution in [0.3, 0.4) is 0 Å². The van der Waals surface area contributed by atoms with E-state index < -0.39 is 23.2 Å². The molecule has 0 bridgehead atoms. The third-order valence-electron chi connectivity index (χ3n) is 2.88. The quantitative estimate of drug-likeness (QED) is 0.878. The summed E-state index contributed by atoms with van der Waals surface area (Å²) in [6, 6.07) is 6.93. The molecule has 1 heterocycles. The summed E-state index contributed by atoms with van der Waals surface area (Å²) in [5.74, 6) is -1.34. The number of benzene rings is 1. The number of rotatable bonds is 5. The third-order valence-corrected chi connectivity index (χ3v) is 2.88. The summed E-state index contributed by atoms with van der Waals surface area (Å²) >= 11 is 0. The van der Waals surface area contributed by atoms with E-state index in [1.54, 1.807) is 23.7 Å². The summed E-state index contributed by atoms with van der Waals surface area (Å²) in [6.45, 7) is 1.91. The summed E-state index contributed by atoms with van der Waals surface area (Å²) in [4.78, 5) is 11.7. The van der Waals surface area contributed by atoms with Crippen molar-refractivity contribution in [3.05, 3.63) is 54.0 Å². The molecule has 0 aliphatic heterocycles. The molecule has 2 rings (SSSR count). The predicted octanol–water partition coefficient (Wildman–Crippen LogP) is 1.82. The van der Waals surface area contributed by atoms with Crippen molar-refractivity contribution in [1.82, 2.24) is 0 Å². The van der Waals surface area contributed by atoms with E-state index in [1.165, 1.54) is 6.07 Å². The number of amides is 1. The summed E-state index contributed by atoms with van der Waals surface area (Å²) in [5.41, 5.74) is -0.420. The lowest BCUT2D eigenvalue weighted by Crippen LogP contribution is -2.86. The van der Waals surface area contributed by atoms with Crippen LogP contribution in [0.1, 0.15) is 18.7 Å². The Hall–Kier alpha value is -2.21. The van der Waals surface area contributed by atoms with Crippen molar-refractivity contribution in [1.29, 1.82) is 0 Å². The molecule has 2 aromatic rings. The van der Waals surface area contributed by atoms with Crippen molar-refractivity contribution in [3.63, 3.8) is 0 Å². The fraction of sp³-hybridized carbons (Fsp3) is 0.214. The van der Waals surface area contributed by atoms with Gasteiger partial charge in [-0.1, -0.05) is 6.07 Å². The lowest BCUT2D eigenvalue weighted by Gasteiger charge is -2.09. The van der Waals surface area contributed by atoms with Gasteiger partial charge in [0.2, 0.25) is 0 Å². The van der Waals surface area contributed by atoms with E-state index in [1.807, 2.05) is 6.92 Å². The monoisotopic (exact) mass is 281 g/mol. The van der Waals surface area contributed by atoms with Gasteiger partial charge in [0, 0.05) is 0 Å². The van der Waals surface area contributed by atoms with Gasteiger partial charge in [-0.05, 0) is 31.2 Å². The molecule has 0 aliphatic rings. The standard InChI is InChI=1S/C14H14F2N2O2/c1-9(12-6-3-7-20-12)17-8-13(19)18-14-10(15)4-2-5-11(14)16/h2-7,9,17H,8H2,1H3,(H,18,19)/p+1/t9-/m0/s1. The number of nitrogens with one attached hydrogen (secondary N) is 1.